The minimum absolute atomic E-state index is 0.133. The van der Waals surface area contributed by atoms with Crippen molar-refractivity contribution in [2.75, 3.05) is 0 Å². The standard InChI is InChI=1S/C21H21N3O3/c25-17-8-4-5-14(9-17)12-24-13-22-20(15-6-2-1-3-7-15)18(24)10-16-11-19(26)23-21(16)27/h1-9,13,16,19,25-26H,10-12H2,(H,23,27). The van der Waals surface area contributed by atoms with Gasteiger partial charge in [0.05, 0.1) is 12.0 Å². The van der Waals surface area contributed by atoms with Gasteiger partial charge in [-0.05, 0) is 17.7 Å². The lowest BCUT2D eigenvalue weighted by Crippen LogP contribution is -2.26. The molecule has 2 aromatic carbocycles. The van der Waals surface area contributed by atoms with E-state index in [1.54, 1.807) is 24.5 Å². The fourth-order valence-corrected chi connectivity index (χ4v) is 3.57. The zero-order chi connectivity index (χ0) is 18.8. The molecule has 2 atom stereocenters. The molecule has 2 unspecified atom stereocenters. The van der Waals surface area contributed by atoms with E-state index in [0.29, 0.717) is 19.4 Å². The zero-order valence-corrected chi connectivity index (χ0v) is 14.7. The molecule has 1 saturated heterocycles. The number of carbonyl (C=O) groups is 1. The predicted molar refractivity (Wildman–Crippen MR) is 101 cm³/mol. The lowest BCUT2D eigenvalue weighted by molar-refractivity contribution is -0.123. The average molecular weight is 363 g/mol. The van der Waals surface area contributed by atoms with Crippen LogP contribution in [0.4, 0.5) is 0 Å². The van der Waals surface area contributed by atoms with Crippen LogP contribution in [0.1, 0.15) is 17.7 Å². The predicted octanol–water partition coefficient (Wildman–Crippen LogP) is 2.30. The van der Waals surface area contributed by atoms with E-state index in [9.17, 15) is 15.0 Å². The van der Waals surface area contributed by atoms with E-state index >= 15 is 0 Å². The maximum Gasteiger partial charge on any atom is 0.225 e. The van der Waals surface area contributed by atoms with Gasteiger partial charge in [-0.2, -0.15) is 0 Å². The molecule has 0 saturated carbocycles. The normalized spacial score (nSPS) is 19.2. The molecule has 138 valence electrons. The highest BCUT2D eigenvalue weighted by molar-refractivity contribution is 5.81. The molecule has 0 radical (unpaired) electrons. The van der Waals surface area contributed by atoms with Crippen molar-refractivity contribution in [1.82, 2.24) is 14.9 Å². The fourth-order valence-electron chi connectivity index (χ4n) is 3.57. The minimum Gasteiger partial charge on any atom is -0.508 e. The van der Waals surface area contributed by atoms with Crippen LogP contribution in [0.2, 0.25) is 0 Å². The molecule has 1 aliphatic heterocycles. The van der Waals surface area contributed by atoms with Crippen LogP contribution in [0.25, 0.3) is 11.3 Å². The van der Waals surface area contributed by atoms with Gasteiger partial charge in [0.2, 0.25) is 5.91 Å². The number of rotatable bonds is 5. The first-order valence-corrected chi connectivity index (χ1v) is 8.96. The SMILES string of the molecule is O=C1NC(O)CC1Cc1c(-c2ccccc2)ncn1Cc1cccc(O)c1. The van der Waals surface area contributed by atoms with Crippen molar-refractivity contribution in [3.8, 4) is 17.0 Å². The van der Waals surface area contributed by atoms with E-state index in [4.69, 9.17) is 0 Å². The molecular formula is C21H21N3O3. The Morgan fingerprint density at radius 1 is 1.15 bits per heavy atom. The Kier molecular flexibility index (Phi) is 4.64. The van der Waals surface area contributed by atoms with Crippen molar-refractivity contribution >= 4 is 5.91 Å². The first kappa shape index (κ1) is 17.3. The number of carbonyl (C=O) groups excluding carboxylic acids is 1. The van der Waals surface area contributed by atoms with Crippen LogP contribution in [0.15, 0.2) is 60.9 Å². The molecule has 1 fully saturated rings. The van der Waals surface area contributed by atoms with Gasteiger partial charge in [0.15, 0.2) is 0 Å². The van der Waals surface area contributed by atoms with Gasteiger partial charge in [0.25, 0.3) is 0 Å². The average Bonchev–Trinajstić information content (AvgIpc) is 3.19. The summed E-state index contributed by atoms with van der Waals surface area (Å²) >= 11 is 0. The Morgan fingerprint density at radius 3 is 2.67 bits per heavy atom. The molecule has 0 aliphatic carbocycles. The van der Waals surface area contributed by atoms with E-state index < -0.39 is 6.23 Å². The number of nitrogens with one attached hydrogen (secondary N) is 1. The van der Waals surface area contributed by atoms with Crippen molar-refractivity contribution in [3.05, 3.63) is 72.2 Å². The van der Waals surface area contributed by atoms with Crippen LogP contribution in [-0.2, 0) is 17.8 Å². The molecule has 1 aliphatic rings. The number of aromatic nitrogens is 2. The molecule has 0 spiro atoms. The fraction of sp³-hybridized carbons (Fsp3) is 0.238. The van der Waals surface area contributed by atoms with Crippen molar-refractivity contribution in [1.29, 1.82) is 0 Å². The largest absolute Gasteiger partial charge is 0.508 e. The number of nitrogens with zero attached hydrogens (tertiary/aromatic N) is 2. The first-order chi connectivity index (χ1) is 13.1. The Hall–Kier alpha value is -3.12. The summed E-state index contributed by atoms with van der Waals surface area (Å²) < 4.78 is 2.01. The van der Waals surface area contributed by atoms with Crippen LogP contribution >= 0.6 is 0 Å². The molecule has 1 aromatic heterocycles. The van der Waals surface area contributed by atoms with Gasteiger partial charge in [-0.1, -0.05) is 42.5 Å². The molecule has 6 nitrogen and oxygen atoms in total. The van der Waals surface area contributed by atoms with Crippen molar-refractivity contribution in [2.24, 2.45) is 5.92 Å². The van der Waals surface area contributed by atoms with Gasteiger partial charge in [-0.3, -0.25) is 4.79 Å². The van der Waals surface area contributed by atoms with Gasteiger partial charge >= 0.3 is 0 Å². The van der Waals surface area contributed by atoms with Crippen molar-refractivity contribution in [2.45, 2.75) is 25.6 Å². The number of aliphatic hydroxyl groups is 1. The molecule has 2 heterocycles. The number of imidazole rings is 1. The second-order valence-corrected chi connectivity index (χ2v) is 6.86. The second kappa shape index (κ2) is 7.25. The number of phenols is 1. The number of aliphatic hydroxyl groups excluding tert-OH is 1. The van der Waals surface area contributed by atoms with Crippen LogP contribution in [0.5, 0.6) is 5.75 Å². The number of amides is 1. The molecule has 1 amide bonds. The van der Waals surface area contributed by atoms with E-state index in [2.05, 4.69) is 10.3 Å². The van der Waals surface area contributed by atoms with E-state index in [1.165, 1.54) is 0 Å². The highest BCUT2D eigenvalue weighted by atomic mass is 16.3. The third kappa shape index (κ3) is 3.71. The summed E-state index contributed by atoms with van der Waals surface area (Å²) in [6, 6.07) is 17.0. The molecule has 0 bridgehead atoms. The number of aromatic hydroxyl groups is 1. The van der Waals surface area contributed by atoms with Gasteiger partial charge in [-0.15, -0.1) is 0 Å². The highest BCUT2D eigenvalue weighted by Crippen LogP contribution is 2.28. The lowest BCUT2D eigenvalue weighted by Gasteiger charge is -2.13. The third-order valence-electron chi connectivity index (χ3n) is 4.88. The number of hydrogen-bond acceptors (Lipinski definition) is 4. The van der Waals surface area contributed by atoms with E-state index in [-0.39, 0.29) is 17.6 Å². The van der Waals surface area contributed by atoms with Crippen LogP contribution in [0.3, 0.4) is 0 Å². The number of phenolic OH excluding ortho intramolecular Hbond substituents is 1. The van der Waals surface area contributed by atoms with Gasteiger partial charge in [-0.25, -0.2) is 4.98 Å². The summed E-state index contributed by atoms with van der Waals surface area (Å²) in [5, 5.41) is 22.0. The summed E-state index contributed by atoms with van der Waals surface area (Å²) in [6.07, 6.45) is 1.87. The Balaban J connectivity index is 1.70. The second-order valence-electron chi connectivity index (χ2n) is 6.86. The van der Waals surface area contributed by atoms with E-state index in [0.717, 1.165) is 22.5 Å². The monoisotopic (exact) mass is 363 g/mol. The molecule has 3 aromatic rings. The first-order valence-electron chi connectivity index (χ1n) is 8.96. The van der Waals surface area contributed by atoms with Crippen LogP contribution in [0, 0.1) is 5.92 Å². The maximum atomic E-state index is 12.1. The molecular weight excluding hydrogens is 342 g/mol. The quantitative estimate of drug-likeness (QED) is 0.649. The smallest absolute Gasteiger partial charge is 0.225 e. The summed E-state index contributed by atoms with van der Waals surface area (Å²) in [5.74, 6) is -0.204. The number of benzene rings is 2. The minimum atomic E-state index is -0.787. The molecule has 4 rings (SSSR count). The zero-order valence-electron chi connectivity index (χ0n) is 14.7. The summed E-state index contributed by atoms with van der Waals surface area (Å²) in [7, 11) is 0. The highest BCUT2D eigenvalue weighted by Gasteiger charge is 2.32. The summed E-state index contributed by atoms with van der Waals surface area (Å²) in [5.41, 5.74) is 3.72. The Bertz CT molecular complexity index is 952. The topological polar surface area (TPSA) is 87.4 Å². The molecule has 27 heavy (non-hydrogen) atoms. The third-order valence-corrected chi connectivity index (χ3v) is 4.88. The van der Waals surface area contributed by atoms with Crippen LogP contribution < -0.4 is 5.32 Å². The lowest BCUT2D eigenvalue weighted by atomic mass is 9.98. The van der Waals surface area contributed by atoms with Crippen molar-refractivity contribution < 1.29 is 15.0 Å². The molecule has 6 heteroatoms. The van der Waals surface area contributed by atoms with Gasteiger partial charge < -0.3 is 20.1 Å². The van der Waals surface area contributed by atoms with Gasteiger partial charge in [0, 0.05) is 36.6 Å². The Morgan fingerprint density at radius 2 is 1.96 bits per heavy atom. The Labute approximate surface area is 157 Å². The maximum absolute atomic E-state index is 12.1. The van der Waals surface area contributed by atoms with Gasteiger partial charge in [0.1, 0.15) is 12.0 Å². The summed E-state index contributed by atoms with van der Waals surface area (Å²) in [4.78, 5) is 16.7. The molecule has 3 N–H and O–H groups in total. The summed E-state index contributed by atoms with van der Waals surface area (Å²) in [6.45, 7) is 0.542. The van der Waals surface area contributed by atoms with Crippen molar-refractivity contribution in [3.63, 3.8) is 0 Å². The van der Waals surface area contributed by atoms with E-state index in [1.807, 2.05) is 41.0 Å². The number of hydrogen-bond donors (Lipinski definition) is 3. The van der Waals surface area contributed by atoms with Crippen LogP contribution in [-0.4, -0.2) is 31.9 Å².